The minimum Gasteiger partial charge on any atom is -0.344 e. The average molecular weight is 276 g/mol. The Hall–Kier alpha value is -1.85. The van der Waals surface area contributed by atoms with Crippen molar-refractivity contribution in [1.29, 1.82) is 0 Å². The smallest absolute Gasteiger partial charge is 0.248 e. The summed E-state index contributed by atoms with van der Waals surface area (Å²) in [7, 11) is 0. The molecule has 1 aliphatic carbocycles. The monoisotopic (exact) mass is 276 g/mol. The van der Waals surface area contributed by atoms with E-state index in [4.69, 9.17) is 0 Å². The number of nitrogens with one attached hydrogen (secondary N) is 2. The molecule has 6 heteroatoms. The fourth-order valence-corrected chi connectivity index (χ4v) is 3.04. The van der Waals surface area contributed by atoms with Crippen LogP contribution in [0.3, 0.4) is 0 Å². The second-order valence-electron chi connectivity index (χ2n) is 5.71. The first-order valence-corrected chi connectivity index (χ1v) is 7.29. The second kappa shape index (κ2) is 5.26. The topological polar surface area (TPSA) is 76.0 Å². The summed E-state index contributed by atoms with van der Waals surface area (Å²) in [5.41, 5.74) is 0.967. The zero-order valence-corrected chi connectivity index (χ0v) is 11.7. The van der Waals surface area contributed by atoms with Gasteiger partial charge in [-0.05, 0) is 26.2 Å². The van der Waals surface area contributed by atoms with Crippen molar-refractivity contribution in [2.75, 3.05) is 5.32 Å². The second-order valence-corrected chi connectivity index (χ2v) is 5.71. The zero-order chi connectivity index (χ0) is 14.1. The van der Waals surface area contributed by atoms with Gasteiger partial charge in [0, 0.05) is 12.0 Å². The first kappa shape index (κ1) is 13.1. The van der Waals surface area contributed by atoms with Gasteiger partial charge < -0.3 is 10.6 Å². The predicted octanol–water partition coefficient (Wildman–Crippen LogP) is 1.52. The minimum absolute atomic E-state index is 0.0498. The molecule has 2 heterocycles. The molecule has 1 saturated heterocycles. The van der Waals surface area contributed by atoms with Gasteiger partial charge in [0.2, 0.25) is 11.8 Å². The molecule has 0 radical (unpaired) electrons. The number of carbonyl (C=O) groups is 2. The summed E-state index contributed by atoms with van der Waals surface area (Å²) in [6.45, 7) is 1.95. The van der Waals surface area contributed by atoms with Crippen LogP contribution in [0.4, 0.5) is 5.82 Å². The standard InChI is InChI=1S/C14H20N4O2/c1-9-8-15-18(10-4-2-3-5-10)13(9)17-14(20)11-6-7-12(19)16-11/h8,10-11H,2-7H2,1H3,(H,16,19)(H,17,20). The van der Waals surface area contributed by atoms with Crippen molar-refractivity contribution in [3.05, 3.63) is 11.8 Å². The Morgan fingerprint density at radius 1 is 1.40 bits per heavy atom. The van der Waals surface area contributed by atoms with Crippen molar-refractivity contribution in [2.45, 2.75) is 57.5 Å². The molecule has 1 aliphatic heterocycles. The molecule has 3 rings (SSSR count). The molecule has 20 heavy (non-hydrogen) atoms. The van der Waals surface area contributed by atoms with Crippen LogP contribution in [0, 0.1) is 6.92 Å². The summed E-state index contributed by atoms with van der Waals surface area (Å²) in [6.07, 6.45) is 7.46. The minimum atomic E-state index is -0.408. The van der Waals surface area contributed by atoms with Gasteiger partial charge in [0.05, 0.1) is 12.2 Å². The number of carbonyl (C=O) groups excluding carboxylic acids is 2. The number of hydrogen-bond donors (Lipinski definition) is 2. The molecule has 108 valence electrons. The van der Waals surface area contributed by atoms with Crippen LogP contribution in [0.5, 0.6) is 0 Å². The Kier molecular flexibility index (Phi) is 3.46. The number of hydrogen-bond acceptors (Lipinski definition) is 3. The van der Waals surface area contributed by atoms with E-state index in [1.165, 1.54) is 12.8 Å². The first-order chi connectivity index (χ1) is 9.65. The lowest BCUT2D eigenvalue weighted by molar-refractivity contribution is -0.122. The third-order valence-corrected chi connectivity index (χ3v) is 4.20. The van der Waals surface area contributed by atoms with E-state index in [1.54, 1.807) is 6.20 Å². The van der Waals surface area contributed by atoms with Crippen LogP contribution in [0.15, 0.2) is 6.20 Å². The number of aryl methyl sites for hydroxylation is 1. The largest absolute Gasteiger partial charge is 0.344 e. The Morgan fingerprint density at radius 3 is 2.80 bits per heavy atom. The Morgan fingerprint density at radius 2 is 2.15 bits per heavy atom. The third-order valence-electron chi connectivity index (χ3n) is 4.20. The van der Waals surface area contributed by atoms with Crippen molar-refractivity contribution in [2.24, 2.45) is 0 Å². The SMILES string of the molecule is Cc1cnn(C2CCCC2)c1NC(=O)C1CCC(=O)N1. The number of anilines is 1. The molecular weight excluding hydrogens is 256 g/mol. The molecular formula is C14H20N4O2. The van der Waals surface area contributed by atoms with Crippen molar-refractivity contribution in [1.82, 2.24) is 15.1 Å². The Balaban J connectivity index is 1.74. The molecule has 1 saturated carbocycles. The summed E-state index contributed by atoms with van der Waals surface area (Å²) in [5, 5.41) is 10.0. The van der Waals surface area contributed by atoms with E-state index in [1.807, 2.05) is 11.6 Å². The number of rotatable bonds is 3. The molecule has 2 fully saturated rings. The van der Waals surface area contributed by atoms with Gasteiger partial charge in [-0.1, -0.05) is 12.8 Å². The van der Waals surface area contributed by atoms with E-state index < -0.39 is 6.04 Å². The van der Waals surface area contributed by atoms with E-state index in [2.05, 4.69) is 15.7 Å². The molecule has 2 amide bonds. The lowest BCUT2D eigenvalue weighted by Crippen LogP contribution is -2.38. The van der Waals surface area contributed by atoms with Gasteiger partial charge in [-0.15, -0.1) is 0 Å². The molecule has 1 unspecified atom stereocenters. The van der Waals surface area contributed by atoms with Crippen LogP contribution in [0.1, 0.15) is 50.1 Å². The van der Waals surface area contributed by atoms with Gasteiger partial charge in [0.25, 0.3) is 0 Å². The van der Waals surface area contributed by atoms with Crippen molar-refractivity contribution < 1.29 is 9.59 Å². The van der Waals surface area contributed by atoms with Crippen LogP contribution in [0.25, 0.3) is 0 Å². The van der Waals surface area contributed by atoms with Crippen molar-refractivity contribution in [3.63, 3.8) is 0 Å². The van der Waals surface area contributed by atoms with E-state index in [0.717, 1.165) is 24.2 Å². The summed E-state index contributed by atoms with van der Waals surface area (Å²) in [4.78, 5) is 23.4. The van der Waals surface area contributed by atoms with Crippen molar-refractivity contribution in [3.8, 4) is 0 Å². The van der Waals surface area contributed by atoms with Gasteiger partial charge in [0.1, 0.15) is 11.9 Å². The fourth-order valence-electron chi connectivity index (χ4n) is 3.04. The summed E-state index contributed by atoms with van der Waals surface area (Å²) < 4.78 is 1.94. The van der Waals surface area contributed by atoms with Crippen molar-refractivity contribution >= 4 is 17.6 Å². The molecule has 6 nitrogen and oxygen atoms in total. The van der Waals surface area contributed by atoms with Gasteiger partial charge in [-0.2, -0.15) is 5.10 Å². The highest BCUT2D eigenvalue weighted by Gasteiger charge is 2.29. The Labute approximate surface area is 117 Å². The summed E-state index contributed by atoms with van der Waals surface area (Å²) >= 11 is 0. The van der Waals surface area contributed by atoms with Crippen LogP contribution in [-0.2, 0) is 9.59 Å². The maximum absolute atomic E-state index is 12.2. The normalized spacial score (nSPS) is 23.1. The van der Waals surface area contributed by atoms with Gasteiger partial charge in [0.15, 0.2) is 0 Å². The molecule has 2 N–H and O–H groups in total. The first-order valence-electron chi connectivity index (χ1n) is 7.29. The highest BCUT2D eigenvalue weighted by Crippen LogP contribution is 2.32. The number of amides is 2. The molecule has 1 aromatic heterocycles. The van der Waals surface area contributed by atoms with Crippen LogP contribution in [0.2, 0.25) is 0 Å². The van der Waals surface area contributed by atoms with Gasteiger partial charge in [-0.3, -0.25) is 9.59 Å². The lowest BCUT2D eigenvalue weighted by atomic mass is 10.2. The molecule has 2 aliphatic rings. The maximum Gasteiger partial charge on any atom is 0.248 e. The average Bonchev–Trinajstić information content (AvgIpc) is 3.12. The van der Waals surface area contributed by atoms with E-state index in [9.17, 15) is 9.59 Å². The zero-order valence-electron chi connectivity index (χ0n) is 11.7. The van der Waals surface area contributed by atoms with Crippen LogP contribution < -0.4 is 10.6 Å². The maximum atomic E-state index is 12.2. The van der Waals surface area contributed by atoms with Crippen LogP contribution in [-0.4, -0.2) is 27.6 Å². The summed E-state index contributed by atoms with van der Waals surface area (Å²) in [5.74, 6) is 0.591. The third kappa shape index (κ3) is 2.42. The molecule has 1 atom stereocenters. The predicted molar refractivity (Wildman–Crippen MR) is 74.3 cm³/mol. The van der Waals surface area contributed by atoms with Gasteiger partial charge >= 0.3 is 0 Å². The quantitative estimate of drug-likeness (QED) is 0.879. The molecule has 0 aromatic carbocycles. The highest BCUT2D eigenvalue weighted by atomic mass is 16.2. The highest BCUT2D eigenvalue weighted by molar-refractivity contribution is 5.98. The fraction of sp³-hybridized carbons (Fsp3) is 0.643. The Bertz CT molecular complexity index is 531. The molecule has 0 bridgehead atoms. The summed E-state index contributed by atoms with van der Waals surface area (Å²) in [6, 6.07) is -0.0222. The van der Waals surface area contributed by atoms with E-state index in [-0.39, 0.29) is 11.8 Å². The van der Waals surface area contributed by atoms with E-state index >= 15 is 0 Å². The number of nitrogens with zero attached hydrogens (tertiary/aromatic N) is 2. The van der Waals surface area contributed by atoms with E-state index in [0.29, 0.717) is 18.9 Å². The lowest BCUT2D eigenvalue weighted by Gasteiger charge is -2.17. The number of aromatic nitrogens is 2. The molecule has 0 spiro atoms. The van der Waals surface area contributed by atoms with Gasteiger partial charge in [-0.25, -0.2) is 4.68 Å². The van der Waals surface area contributed by atoms with Crippen LogP contribution >= 0.6 is 0 Å². The molecule has 1 aromatic rings.